The molecule has 16 heavy (non-hydrogen) atoms. The number of likely N-dealkylation sites (tertiary alicyclic amines) is 1. The zero-order valence-electron chi connectivity index (χ0n) is 9.35. The molecule has 4 nitrogen and oxygen atoms in total. The molecule has 1 saturated heterocycles. The van der Waals surface area contributed by atoms with Gasteiger partial charge in [-0.1, -0.05) is 6.07 Å². The molecule has 1 fully saturated rings. The van der Waals surface area contributed by atoms with Crippen LogP contribution in [0.4, 0.5) is 0 Å². The monoisotopic (exact) mass is 220 g/mol. The minimum atomic E-state index is 0.0589. The average molecular weight is 220 g/mol. The quantitative estimate of drug-likeness (QED) is 0.816. The van der Waals surface area contributed by atoms with Crippen LogP contribution in [0.15, 0.2) is 24.3 Å². The van der Waals surface area contributed by atoms with E-state index in [-0.39, 0.29) is 5.91 Å². The molecule has 1 heterocycles. The van der Waals surface area contributed by atoms with Gasteiger partial charge in [-0.15, -0.1) is 0 Å². The number of nitrogens with two attached hydrogens (primary N) is 1. The van der Waals surface area contributed by atoms with Crippen LogP contribution in [0.2, 0.25) is 0 Å². The number of methoxy groups -OCH3 is 1. The Morgan fingerprint density at radius 1 is 1.56 bits per heavy atom. The second kappa shape index (κ2) is 4.53. The zero-order chi connectivity index (χ0) is 11.5. The van der Waals surface area contributed by atoms with Gasteiger partial charge in [0.1, 0.15) is 5.75 Å². The second-order valence-electron chi connectivity index (χ2n) is 4.04. The van der Waals surface area contributed by atoms with Crippen LogP contribution in [0.3, 0.4) is 0 Å². The Balaban J connectivity index is 2.04. The summed E-state index contributed by atoms with van der Waals surface area (Å²) in [6.07, 6.45) is 0. The third-order valence-corrected chi connectivity index (χ3v) is 2.89. The molecule has 0 radical (unpaired) electrons. The molecule has 2 N–H and O–H groups in total. The highest BCUT2D eigenvalue weighted by molar-refractivity contribution is 5.95. The van der Waals surface area contributed by atoms with Crippen molar-refractivity contribution in [2.45, 2.75) is 0 Å². The lowest BCUT2D eigenvalue weighted by atomic mass is 9.99. The highest BCUT2D eigenvalue weighted by Gasteiger charge is 2.29. The van der Waals surface area contributed by atoms with E-state index in [1.54, 1.807) is 19.2 Å². The van der Waals surface area contributed by atoms with Crippen LogP contribution in [0.25, 0.3) is 0 Å². The number of carbonyl (C=O) groups is 1. The first-order valence-corrected chi connectivity index (χ1v) is 5.38. The van der Waals surface area contributed by atoms with Crippen molar-refractivity contribution in [1.29, 1.82) is 0 Å². The van der Waals surface area contributed by atoms with E-state index in [2.05, 4.69) is 0 Å². The predicted octanol–water partition coefficient (Wildman–Crippen LogP) is 0.726. The van der Waals surface area contributed by atoms with E-state index in [1.165, 1.54) is 0 Å². The summed E-state index contributed by atoms with van der Waals surface area (Å²) in [6, 6.07) is 7.22. The SMILES string of the molecule is COc1cccc(C(=O)N2CC(CN)C2)c1. The number of hydrogen-bond donors (Lipinski definition) is 1. The molecule has 1 aromatic carbocycles. The number of amides is 1. The molecule has 0 unspecified atom stereocenters. The molecule has 4 heteroatoms. The fraction of sp³-hybridized carbons (Fsp3) is 0.417. The van der Waals surface area contributed by atoms with Gasteiger partial charge in [-0.3, -0.25) is 4.79 Å². The minimum Gasteiger partial charge on any atom is -0.497 e. The summed E-state index contributed by atoms with van der Waals surface area (Å²) in [5, 5.41) is 0. The second-order valence-corrected chi connectivity index (χ2v) is 4.04. The van der Waals surface area contributed by atoms with Gasteiger partial charge < -0.3 is 15.4 Å². The van der Waals surface area contributed by atoms with E-state index in [0.29, 0.717) is 23.8 Å². The van der Waals surface area contributed by atoms with Crippen molar-refractivity contribution in [3.63, 3.8) is 0 Å². The Morgan fingerprint density at radius 3 is 2.94 bits per heavy atom. The third-order valence-electron chi connectivity index (χ3n) is 2.89. The highest BCUT2D eigenvalue weighted by atomic mass is 16.5. The maximum atomic E-state index is 12.0. The summed E-state index contributed by atoms with van der Waals surface area (Å²) in [5.74, 6) is 1.24. The number of benzene rings is 1. The smallest absolute Gasteiger partial charge is 0.254 e. The molecule has 2 rings (SSSR count). The Kier molecular flexibility index (Phi) is 3.10. The molecular weight excluding hydrogens is 204 g/mol. The van der Waals surface area contributed by atoms with Gasteiger partial charge in [0.2, 0.25) is 0 Å². The standard InChI is InChI=1S/C12H16N2O2/c1-16-11-4-2-3-10(5-11)12(15)14-7-9(6-13)8-14/h2-5,9H,6-8,13H2,1H3. The topological polar surface area (TPSA) is 55.6 Å². The molecular formula is C12H16N2O2. The normalized spacial score (nSPS) is 15.8. The number of hydrogen-bond acceptors (Lipinski definition) is 3. The van der Waals surface area contributed by atoms with Crippen molar-refractivity contribution in [1.82, 2.24) is 4.90 Å². The first-order chi connectivity index (χ1) is 7.74. The molecule has 1 aromatic rings. The molecule has 0 spiro atoms. The molecule has 86 valence electrons. The van der Waals surface area contributed by atoms with Gasteiger partial charge in [0, 0.05) is 24.6 Å². The van der Waals surface area contributed by atoms with Gasteiger partial charge in [-0.25, -0.2) is 0 Å². The number of carbonyl (C=O) groups excluding carboxylic acids is 1. The molecule has 0 atom stereocenters. The van der Waals surface area contributed by atoms with Gasteiger partial charge in [0.05, 0.1) is 7.11 Å². The molecule has 0 saturated carbocycles. The molecule has 1 aliphatic heterocycles. The first kappa shape index (κ1) is 11.0. The van der Waals surface area contributed by atoms with E-state index in [9.17, 15) is 4.79 Å². The number of ether oxygens (including phenoxy) is 1. The molecule has 0 bridgehead atoms. The van der Waals surface area contributed by atoms with Gasteiger partial charge in [-0.05, 0) is 24.7 Å². The van der Waals surface area contributed by atoms with E-state index in [1.807, 2.05) is 17.0 Å². The third kappa shape index (κ3) is 2.02. The Morgan fingerprint density at radius 2 is 2.31 bits per heavy atom. The zero-order valence-corrected chi connectivity index (χ0v) is 9.35. The van der Waals surface area contributed by atoms with Gasteiger partial charge >= 0.3 is 0 Å². The molecule has 1 aliphatic rings. The largest absolute Gasteiger partial charge is 0.497 e. The van der Waals surface area contributed by atoms with E-state index in [4.69, 9.17) is 10.5 Å². The Labute approximate surface area is 95.0 Å². The number of nitrogens with zero attached hydrogens (tertiary/aromatic N) is 1. The number of rotatable bonds is 3. The minimum absolute atomic E-state index is 0.0589. The van der Waals surface area contributed by atoms with Crippen molar-refractivity contribution in [2.75, 3.05) is 26.7 Å². The molecule has 1 amide bonds. The molecule has 0 aliphatic carbocycles. The van der Waals surface area contributed by atoms with Gasteiger partial charge in [-0.2, -0.15) is 0 Å². The summed E-state index contributed by atoms with van der Waals surface area (Å²) < 4.78 is 5.09. The van der Waals surface area contributed by atoms with Crippen LogP contribution >= 0.6 is 0 Å². The maximum absolute atomic E-state index is 12.0. The first-order valence-electron chi connectivity index (χ1n) is 5.38. The fourth-order valence-corrected chi connectivity index (χ4v) is 1.82. The summed E-state index contributed by atoms with van der Waals surface area (Å²) in [4.78, 5) is 13.8. The van der Waals surface area contributed by atoms with Gasteiger partial charge in [0.15, 0.2) is 0 Å². The van der Waals surface area contributed by atoms with Crippen molar-refractivity contribution in [2.24, 2.45) is 11.7 Å². The van der Waals surface area contributed by atoms with Crippen LogP contribution < -0.4 is 10.5 Å². The van der Waals surface area contributed by atoms with Crippen molar-refractivity contribution < 1.29 is 9.53 Å². The lowest BCUT2D eigenvalue weighted by Crippen LogP contribution is -2.52. The lowest BCUT2D eigenvalue weighted by Gasteiger charge is -2.38. The highest BCUT2D eigenvalue weighted by Crippen LogP contribution is 2.20. The van der Waals surface area contributed by atoms with E-state index in [0.717, 1.165) is 13.1 Å². The molecule has 0 aromatic heterocycles. The Hall–Kier alpha value is -1.55. The summed E-state index contributed by atoms with van der Waals surface area (Å²) in [5.41, 5.74) is 6.20. The average Bonchev–Trinajstić information content (AvgIpc) is 2.27. The fourth-order valence-electron chi connectivity index (χ4n) is 1.82. The van der Waals surface area contributed by atoms with Crippen molar-refractivity contribution >= 4 is 5.91 Å². The van der Waals surface area contributed by atoms with E-state index < -0.39 is 0 Å². The predicted molar refractivity (Wildman–Crippen MR) is 61.4 cm³/mol. The van der Waals surface area contributed by atoms with Crippen LogP contribution in [-0.4, -0.2) is 37.6 Å². The van der Waals surface area contributed by atoms with Crippen molar-refractivity contribution in [3.8, 4) is 5.75 Å². The summed E-state index contributed by atoms with van der Waals surface area (Å²) in [6.45, 7) is 2.20. The van der Waals surface area contributed by atoms with Crippen LogP contribution in [0.1, 0.15) is 10.4 Å². The lowest BCUT2D eigenvalue weighted by molar-refractivity contribution is 0.0515. The van der Waals surface area contributed by atoms with Crippen LogP contribution in [0.5, 0.6) is 5.75 Å². The Bertz CT molecular complexity index is 386. The maximum Gasteiger partial charge on any atom is 0.254 e. The van der Waals surface area contributed by atoms with Crippen LogP contribution in [0, 0.1) is 5.92 Å². The van der Waals surface area contributed by atoms with Gasteiger partial charge in [0.25, 0.3) is 5.91 Å². The van der Waals surface area contributed by atoms with Crippen molar-refractivity contribution in [3.05, 3.63) is 29.8 Å². The summed E-state index contributed by atoms with van der Waals surface area (Å²) in [7, 11) is 1.59. The summed E-state index contributed by atoms with van der Waals surface area (Å²) >= 11 is 0. The van der Waals surface area contributed by atoms with Crippen LogP contribution in [-0.2, 0) is 0 Å². The van der Waals surface area contributed by atoms with E-state index >= 15 is 0 Å².